The zero-order valence-electron chi connectivity index (χ0n) is 16.9. The first kappa shape index (κ1) is 20.8. The molecule has 3 aromatic rings. The second kappa shape index (κ2) is 9.52. The van der Waals surface area contributed by atoms with Crippen LogP contribution in [0, 0.1) is 6.92 Å². The van der Waals surface area contributed by atoms with E-state index in [1.165, 1.54) is 0 Å². The van der Waals surface area contributed by atoms with E-state index < -0.39 is 5.97 Å². The number of thiophene rings is 1. The van der Waals surface area contributed by atoms with Crippen LogP contribution in [0.3, 0.4) is 0 Å². The Labute approximate surface area is 174 Å². The number of anilines is 2. The maximum atomic E-state index is 10.9. The molecule has 3 rings (SSSR count). The number of nitrogens with zero attached hydrogens (tertiary/aromatic N) is 2. The third-order valence-corrected chi connectivity index (χ3v) is 5.31. The minimum atomic E-state index is -0.840. The number of aromatic nitrogens is 2. The SMILES string of the molecule is CCCOc1csc(-c2nc(C)c(CC)c(Nc3ccc(CC(=O)O)cc3)n2)c1. The van der Waals surface area contributed by atoms with Gasteiger partial charge in [0, 0.05) is 28.4 Å². The molecule has 0 spiro atoms. The van der Waals surface area contributed by atoms with E-state index in [9.17, 15) is 4.79 Å². The number of carboxylic acids is 1. The second-order valence-electron chi connectivity index (χ2n) is 6.70. The Kier molecular flexibility index (Phi) is 6.82. The van der Waals surface area contributed by atoms with Gasteiger partial charge in [0.25, 0.3) is 0 Å². The van der Waals surface area contributed by atoms with E-state index in [1.807, 2.05) is 42.6 Å². The molecule has 0 aliphatic rings. The number of carboxylic acid groups (broad SMARTS) is 1. The van der Waals surface area contributed by atoms with Crippen LogP contribution in [-0.4, -0.2) is 27.7 Å². The van der Waals surface area contributed by atoms with Crippen molar-refractivity contribution in [2.24, 2.45) is 0 Å². The lowest BCUT2D eigenvalue weighted by molar-refractivity contribution is -0.136. The fourth-order valence-electron chi connectivity index (χ4n) is 2.98. The van der Waals surface area contributed by atoms with Crippen LogP contribution in [0.4, 0.5) is 11.5 Å². The van der Waals surface area contributed by atoms with Gasteiger partial charge in [0.15, 0.2) is 5.82 Å². The summed E-state index contributed by atoms with van der Waals surface area (Å²) in [5.74, 6) is 1.44. The molecule has 1 aromatic carbocycles. The Morgan fingerprint density at radius 2 is 1.97 bits per heavy atom. The number of hydrogen-bond donors (Lipinski definition) is 2. The van der Waals surface area contributed by atoms with Crippen molar-refractivity contribution in [3.63, 3.8) is 0 Å². The predicted octanol–water partition coefficient (Wildman–Crippen LogP) is 5.24. The number of ether oxygens (including phenoxy) is 1. The van der Waals surface area contributed by atoms with Gasteiger partial charge < -0.3 is 15.2 Å². The average molecular weight is 412 g/mol. The van der Waals surface area contributed by atoms with Gasteiger partial charge in [-0.15, -0.1) is 11.3 Å². The minimum Gasteiger partial charge on any atom is -0.493 e. The van der Waals surface area contributed by atoms with E-state index >= 15 is 0 Å². The predicted molar refractivity (Wildman–Crippen MR) is 116 cm³/mol. The monoisotopic (exact) mass is 411 g/mol. The molecule has 0 saturated heterocycles. The lowest BCUT2D eigenvalue weighted by Gasteiger charge is -2.14. The Morgan fingerprint density at radius 3 is 2.62 bits per heavy atom. The summed E-state index contributed by atoms with van der Waals surface area (Å²) < 4.78 is 5.69. The summed E-state index contributed by atoms with van der Waals surface area (Å²) in [6.07, 6.45) is 1.78. The van der Waals surface area contributed by atoms with Crippen molar-refractivity contribution in [1.82, 2.24) is 9.97 Å². The highest BCUT2D eigenvalue weighted by Gasteiger charge is 2.14. The molecular weight excluding hydrogens is 386 g/mol. The van der Waals surface area contributed by atoms with Crippen LogP contribution in [0.2, 0.25) is 0 Å². The van der Waals surface area contributed by atoms with E-state index in [-0.39, 0.29) is 6.42 Å². The van der Waals surface area contributed by atoms with Crippen molar-refractivity contribution < 1.29 is 14.6 Å². The second-order valence-corrected chi connectivity index (χ2v) is 7.61. The van der Waals surface area contributed by atoms with E-state index in [0.717, 1.165) is 51.8 Å². The Hall–Kier alpha value is -2.93. The number of benzene rings is 1. The molecule has 0 amide bonds. The molecule has 29 heavy (non-hydrogen) atoms. The van der Waals surface area contributed by atoms with E-state index in [4.69, 9.17) is 19.8 Å². The van der Waals surface area contributed by atoms with Gasteiger partial charge in [0.05, 0.1) is 17.9 Å². The van der Waals surface area contributed by atoms with E-state index in [2.05, 4.69) is 19.2 Å². The molecule has 6 nitrogen and oxygen atoms in total. The maximum Gasteiger partial charge on any atom is 0.307 e. The Balaban J connectivity index is 1.87. The number of hydrogen-bond acceptors (Lipinski definition) is 6. The zero-order chi connectivity index (χ0) is 20.8. The Bertz CT molecular complexity index is 983. The molecule has 0 saturated carbocycles. The van der Waals surface area contributed by atoms with Crippen LogP contribution in [0.15, 0.2) is 35.7 Å². The van der Waals surface area contributed by atoms with Crippen LogP contribution in [0.25, 0.3) is 10.7 Å². The summed E-state index contributed by atoms with van der Waals surface area (Å²) in [6.45, 7) is 6.84. The van der Waals surface area contributed by atoms with Crippen molar-refractivity contribution in [3.05, 3.63) is 52.5 Å². The molecule has 0 bridgehead atoms. The standard InChI is InChI=1S/C22H25N3O3S/c1-4-10-28-17-12-19(29-13-17)22-23-14(3)18(5-2)21(25-22)24-16-8-6-15(7-9-16)11-20(26)27/h6-9,12-13H,4-5,10-11H2,1-3H3,(H,26,27)(H,23,24,25). The van der Waals surface area contributed by atoms with Gasteiger partial charge in [-0.2, -0.15) is 0 Å². The highest BCUT2D eigenvalue weighted by Crippen LogP contribution is 2.32. The van der Waals surface area contributed by atoms with E-state index in [0.29, 0.717) is 12.4 Å². The smallest absolute Gasteiger partial charge is 0.307 e. The van der Waals surface area contributed by atoms with Gasteiger partial charge in [0.1, 0.15) is 11.6 Å². The lowest BCUT2D eigenvalue weighted by Crippen LogP contribution is -2.05. The lowest BCUT2D eigenvalue weighted by atomic mass is 10.1. The molecule has 0 aliphatic carbocycles. The Morgan fingerprint density at radius 1 is 1.21 bits per heavy atom. The third-order valence-electron chi connectivity index (χ3n) is 4.41. The third kappa shape index (κ3) is 5.32. The largest absolute Gasteiger partial charge is 0.493 e. The molecule has 0 aliphatic heterocycles. The number of rotatable bonds is 9. The number of carbonyl (C=O) groups is 1. The summed E-state index contributed by atoms with van der Waals surface area (Å²) in [5.41, 5.74) is 3.61. The summed E-state index contributed by atoms with van der Waals surface area (Å²) in [7, 11) is 0. The van der Waals surface area contributed by atoms with Crippen LogP contribution in [0.1, 0.15) is 37.1 Å². The van der Waals surface area contributed by atoms with Crippen molar-refractivity contribution in [1.29, 1.82) is 0 Å². The first-order valence-electron chi connectivity index (χ1n) is 9.67. The molecule has 2 N–H and O–H groups in total. The topological polar surface area (TPSA) is 84.3 Å². The number of nitrogens with one attached hydrogen (secondary N) is 1. The van der Waals surface area contributed by atoms with Crippen LogP contribution in [-0.2, 0) is 17.6 Å². The summed E-state index contributed by atoms with van der Waals surface area (Å²) in [4.78, 5) is 21.3. The van der Waals surface area contributed by atoms with Crippen molar-refractivity contribution in [2.75, 3.05) is 11.9 Å². The molecule has 0 fully saturated rings. The normalized spacial score (nSPS) is 10.7. The highest BCUT2D eigenvalue weighted by atomic mass is 32.1. The zero-order valence-corrected chi connectivity index (χ0v) is 17.7. The van der Waals surface area contributed by atoms with E-state index in [1.54, 1.807) is 11.3 Å². The molecule has 0 radical (unpaired) electrons. The molecule has 2 aromatic heterocycles. The minimum absolute atomic E-state index is 0.0120. The van der Waals surface area contributed by atoms with Gasteiger partial charge in [0.2, 0.25) is 0 Å². The summed E-state index contributed by atoms with van der Waals surface area (Å²) in [5, 5.41) is 14.3. The molecule has 2 heterocycles. The summed E-state index contributed by atoms with van der Waals surface area (Å²) >= 11 is 1.56. The first-order chi connectivity index (χ1) is 14.0. The van der Waals surface area contributed by atoms with Crippen LogP contribution >= 0.6 is 11.3 Å². The quantitative estimate of drug-likeness (QED) is 0.501. The van der Waals surface area contributed by atoms with Gasteiger partial charge in [-0.1, -0.05) is 26.0 Å². The van der Waals surface area contributed by atoms with Crippen molar-refractivity contribution in [2.45, 2.75) is 40.0 Å². The average Bonchev–Trinajstić information content (AvgIpc) is 3.16. The first-order valence-corrected chi connectivity index (χ1v) is 10.5. The molecular formula is C22H25N3O3S. The van der Waals surface area contributed by atoms with Crippen molar-refractivity contribution >= 4 is 28.8 Å². The van der Waals surface area contributed by atoms with Crippen molar-refractivity contribution in [3.8, 4) is 16.5 Å². The van der Waals surface area contributed by atoms with Gasteiger partial charge in [-0.05, 0) is 37.5 Å². The van der Waals surface area contributed by atoms with Gasteiger partial charge in [-0.3, -0.25) is 4.79 Å². The fraction of sp³-hybridized carbons (Fsp3) is 0.318. The molecule has 7 heteroatoms. The molecule has 152 valence electrons. The van der Waals surface area contributed by atoms with Gasteiger partial charge in [-0.25, -0.2) is 9.97 Å². The van der Waals surface area contributed by atoms with Gasteiger partial charge >= 0.3 is 5.97 Å². The number of aliphatic carboxylic acids is 1. The number of aryl methyl sites for hydroxylation is 1. The molecule has 0 unspecified atom stereocenters. The molecule has 0 atom stereocenters. The highest BCUT2D eigenvalue weighted by molar-refractivity contribution is 7.13. The fourth-order valence-corrected chi connectivity index (χ4v) is 3.74. The summed E-state index contributed by atoms with van der Waals surface area (Å²) in [6, 6.07) is 9.35. The van der Waals surface area contributed by atoms with Crippen LogP contribution < -0.4 is 10.1 Å². The van der Waals surface area contributed by atoms with Crippen LogP contribution in [0.5, 0.6) is 5.75 Å². The maximum absolute atomic E-state index is 10.9.